The monoisotopic (exact) mass is 443 g/mol. The van der Waals surface area contributed by atoms with Gasteiger partial charge in [0.15, 0.2) is 0 Å². The Morgan fingerprint density at radius 2 is 1.53 bits per heavy atom. The van der Waals surface area contributed by atoms with Gasteiger partial charge in [-0.25, -0.2) is 4.79 Å². The van der Waals surface area contributed by atoms with Crippen LogP contribution in [-0.4, -0.2) is 12.0 Å². The molecule has 6 nitrogen and oxygen atoms in total. The van der Waals surface area contributed by atoms with Crippen LogP contribution in [0, 0.1) is 0 Å². The van der Waals surface area contributed by atoms with E-state index in [2.05, 4.69) is 10.6 Å². The Labute approximate surface area is 182 Å². The normalized spacial score (nSPS) is 11.0. The van der Waals surface area contributed by atoms with E-state index in [9.17, 15) is 22.8 Å². The third-order valence-corrected chi connectivity index (χ3v) is 4.45. The first kappa shape index (κ1) is 22.8. The van der Waals surface area contributed by atoms with Gasteiger partial charge < -0.3 is 15.8 Å². The van der Waals surface area contributed by atoms with Crippen molar-refractivity contribution in [3.8, 4) is 0 Å². The predicted octanol–water partition coefficient (Wildman–Crippen LogP) is 5.17. The Morgan fingerprint density at radius 3 is 2.22 bits per heavy atom. The van der Waals surface area contributed by atoms with E-state index in [1.54, 1.807) is 42.5 Å². The Balaban J connectivity index is 1.78. The molecule has 0 aromatic heterocycles. The Morgan fingerprint density at radius 1 is 0.844 bits per heavy atom. The van der Waals surface area contributed by atoms with Gasteiger partial charge in [0.1, 0.15) is 6.61 Å². The molecule has 0 fully saturated rings. The Hall–Kier alpha value is -3.85. The molecule has 3 aromatic rings. The second kappa shape index (κ2) is 9.97. The van der Waals surface area contributed by atoms with Crippen LogP contribution >= 0.6 is 0 Å². The third-order valence-electron chi connectivity index (χ3n) is 4.45. The highest BCUT2D eigenvalue weighted by Crippen LogP contribution is 2.34. The number of ether oxygens (including phenoxy) is 1. The van der Waals surface area contributed by atoms with Gasteiger partial charge in [-0.15, -0.1) is 0 Å². The van der Waals surface area contributed by atoms with Crippen LogP contribution < -0.4 is 16.4 Å². The number of halogens is 3. The standard InChI is InChI=1S/C23H20F3N3O3/c24-23(25,26)20-10-9-18(29-22(31)32-14-15-5-2-1-3-6-15)12-19(20)21(30)28-17-8-4-7-16(11-17)13-27/h1-12H,13-14,27H2,(H,28,30)(H,29,31). The predicted molar refractivity (Wildman–Crippen MR) is 114 cm³/mol. The Bertz CT molecular complexity index is 1100. The molecule has 2 amide bonds. The van der Waals surface area contributed by atoms with Gasteiger partial charge in [-0.3, -0.25) is 10.1 Å². The van der Waals surface area contributed by atoms with Crippen molar-refractivity contribution < 1.29 is 27.5 Å². The summed E-state index contributed by atoms with van der Waals surface area (Å²) in [5, 5.41) is 4.78. The van der Waals surface area contributed by atoms with Crippen molar-refractivity contribution in [2.24, 2.45) is 5.73 Å². The number of anilines is 2. The number of alkyl halides is 3. The summed E-state index contributed by atoms with van der Waals surface area (Å²) in [6, 6.07) is 18.1. The first-order valence-corrected chi connectivity index (χ1v) is 9.55. The summed E-state index contributed by atoms with van der Waals surface area (Å²) >= 11 is 0. The highest BCUT2D eigenvalue weighted by atomic mass is 19.4. The molecule has 3 aromatic carbocycles. The van der Waals surface area contributed by atoms with Crippen molar-refractivity contribution in [1.82, 2.24) is 0 Å². The molecule has 3 rings (SSSR count). The van der Waals surface area contributed by atoms with Crippen LogP contribution in [0.5, 0.6) is 0 Å². The summed E-state index contributed by atoms with van der Waals surface area (Å²) in [5.74, 6) is -0.979. The molecule has 0 atom stereocenters. The van der Waals surface area contributed by atoms with Crippen molar-refractivity contribution in [1.29, 1.82) is 0 Å². The lowest BCUT2D eigenvalue weighted by Gasteiger charge is -2.15. The van der Waals surface area contributed by atoms with Gasteiger partial charge in [0, 0.05) is 17.9 Å². The first-order valence-electron chi connectivity index (χ1n) is 9.55. The zero-order valence-electron chi connectivity index (χ0n) is 16.8. The number of benzene rings is 3. The number of hydrogen-bond acceptors (Lipinski definition) is 4. The second-order valence-electron chi connectivity index (χ2n) is 6.80. The number of nitrogens with one attached hydrogen (secondary N) is 2. The van der Waals surface area contributed by atoms with Gasteiger partial charge in [0.05, 0.1) is 11.1 Å². The van der Waals surface area contributed by atoms with Gasteiger partial charge in [0.25, 0.3) is 5.91 Å². The summed E-state index contributed by atoms with van der Waals surface area (Å²) in [6.45, 7) is 0.195. The highest BCUT2D eigenvalue weighted by molar-refractivity contribution is 6.06. The van der Waals surface area contributed by atoms with E-state index >= 15 is 0 Å². The minimum absolute atomic E-state index is 0.0157. The van der Waals surface area contributed by atoms with Gasteiger partial charge >= 0.3 is 12.3 Å². The molecule has 0 unspecified atom stereocenters. The van der Waals surface area contributed by atoms with E-state index in [-0.39, 0.29) is 18.8 Å². The molecule has 4 N–H and O–H groups in total. The number of nitrogens with two attached hydrogens (primary N) is 1. The van der Waals surface area contributed by atoms with Crippen molar-refractivity contribution in [2.75, 3.05) is 10.6 Å². The van der Waals surface area contributed by atoms with Crippen LogP contribution in [0.3, 0.4) is 0 Å². The molecule has 0 radical (unpaired) electrons. The zero-order chi connectivity index (χ0) is 23.1. The van der Waals surface area contributed by atoms with Crippen LogP contribution in [0.15, 0.2) is 72.8 Å². The smallest absolute Gasteiger partial charge is 0.417 e. The number of carbonyl (C=O) groups excluding carboxylic acids is 2. The summed E-state index contributed by atoms with van der Waals surface area (Å²) in [4.78, 5) is 24.7. The molecule has 0 heterocycles. The molecule has 0 spiro atoms. The average Bonchev–Trinajstić information content (AvgIpc) is 2.77. The minimum atomic E-state index is -4.77. The van der Waals surface area contributed by atoms with Gasteiger partial charge in [-0.05, 0) is 41.5 Å². The van der Waals surface area contributed by atoms with Gasteiger partial charge in [-0.2, -0.15) is 13.2 Å². The lowest BCUT2D eigenvalue weighted by Crippen LogP contribution is -2.20. The lowest BCUT2D eigenvalue weighted by atomic mass is 10.0. The summed E-state index contributed by atoms with van der Waals surface area (Å²) in [6.07, 6.45) is -5.63. The summed E-state index contributed by atoms with van der Waals surface area (Å²) in [7, 11) is 0. The molecule has 9 heteroatoms. The van der Waals surface area contributed by atoms with Gasteiger partial charge in [0.2, 0.25) is 0 Å². The maximum atomic E-state index is 13.5. The van der Waals surface area contributed by atoms with Crippen LogP contribution in [-0.2, 0) is 24.1 Å². The molecule has 0 aliphatic carbocycles. The van der Waals surface area contributed by atoms with E-state index in [1.807, 2.05) is 6.07 Å². The lowest BCUT2D eigenvalue weighted by molar-refractivity contribution is -0.137. The summed E-state index contributed by atoms with van der Waals surface area (Å²) < 4.78 is 45.4. The minimum Gasteiger partial charge on any atom is -0.444 e. The SMILES string of the molecule is NCc1cccc(NC(=O)c2cc(NC(=O)OCc3ccccc3)ccc2C(F)(F)F)c1. The first-order chi connectivity index (χ1) is 15.3. The largest absolute Gasteiger partial charge is 0.444 e. The fourth-order valence-electron chi connectivity index (χ4n) is 2.91. The number of rotatable bonds is 6. The fourth-order valence-corrected chi connectivity index (χ4v) is 2.91. The van der Waals surface area contributed by atoms with Crippen LogP contribution in [0.4, 0.5) is 29.3 Å². The topological polar surface area (TPSA) is 93.5 Å². The quantitative estimate of drug-likeness (QED) is 0.490. The maximum absolute atomic E-state index is 13.5. The van der Waals surface area contributed by atoms with E-state index < -0.39 is 29.3 Å². The van der Waals surface area contributed by atoms with E-state index in [4.69, 9.17) is 10.5 Å². The highest BCUT2D eigenvalue weighted by Gasteiger charge is 2.35. The molecular formula is C23H20F3N3O3. The fraction of sp³-hybridized carbons (Fsp3) is 0.130. The molecule has 0 bridgehead atoms. The van der Waals surface area contributed by atoms with Crippen LogP contribution in [0.2, 0.25) is 0 Å². The van der Waals surface area contributed by atoms with Crippen molar-refractivity contribution in [3.05, 3.63) is 95.1 Å². The van der Waals surface area contributed by atoms with Crippen LogP contribution in [0.25, 0.3) is 0 Å². The van der Waals surface area contributed by atoms with E-state index in [0.29, 0.717) is 11.3 Å². The number of hydrogen-bond donors (Lipinski definition) is 3. The van der Waals surface area contributed by atoms with Gasteiger partial charge in [-0.1, -0.05) is 42.5 Å². The molecule has 0 aliphatic heterocycles. The average molecular weight is 443 g/mol. The Kier molecular flexibility index (Phi) is 7.11. The van der Waals surface area contributed by atoms with Crippen molar-refractivity contribution >= 4 is 23.4 Å². The second-order valence-corrected chi connectivity index (χ2v) is 6.80. The molecule has 0 saturated heterocycles. The number of amides is 2. The molecule has 32 heavy (non-hydrogen) atoms. The van der Waals surface area contributed by atoms with Crippen LogP contribution in [0.1, 0.15) is 27.0 Å². The van der Waals surface area contributed by atoms with E-state index in [1.165, 1.54) is 6.07 Å². The molecule has 0 saturated carbocycles. The number of carbonyl (C=O) groups is 2. The summed E-state index contributed by atoms with van der Waals surface area (Å²) in [5.41, 5.74) is 5.51. The zero-order valence-corrected chi connectivity index (χ0v) is 16.8. The molecular weight excluding hydrogens is 423 g/mol. The van der Waals surface area contributed by atoms with Crippen molar-refractivity contribution in [3.63, 3.8) is 0 Å². The van der Waals surface area contributed by atoms with E-state index in [0.717, 1.165) is 23.8 Å². The molecule has 166 valence electrons. The van der Waals surface area contributed by atoms with Crippen molar-refractivity contribution in [2.45, 2.75) is 19.3 Å². The molecule has 0 aliphatic rings. The maximum Gasteiger partial charge on any atom is 0.417 e. The third kappa shape index (κ3) is 6.08.